The predicted octanol–water partition coefficient (Wildman–Crippen LogP) is 6.00. The fraction of sp³-hybridized carbons (Fsp3) is 0.250. The average Bonchev–Trinajstić information content (AvgIpc) is 2.44. The highest BCUT2D eigenvalue weighted by Gasteiger charge is 2.13. The predicted molar refractivity (Wildman–Crippen MR) is 84.3 cm³/mol. The van der Waals surface area contributed by atoms with E-state index >= 15 is 0 Å². The third kappa shape index (κ3) is 3.25. The van der Waals surface area contributed by atoms with E-state index in [1.165, 1.54) is 6.07 Å². The molecule has 0 aliphatic carbocycles. The Morgan fingerprint density at radius 2 is 1.90 bits per heavy atom. The normalized spacial score (nSPS) is 12.2. The van der Waals surface area contributed by atoms with E-state index in [-0.39, 0.29) is 11.9 Å². The van der Waals surface area contributed by atoms with E-state index in [9.17, 15) is 4.39 Å². The zero-order valence-electron chi connectivity index (χ0n) is 11.4. The lowest BCUT2D eigenvalue weighted by molar-refractivity contribution is 0.618. The molecule has 0 aliphatic rings. The molecule has 0 saturated heterocycles. The second kappa shape index (κ2) is 6.47. The average molecular weight is 312 g/mol. The van der Waals surface area contributed by atoms with Gasteiger partial charge in [-0.3, -0.25) is 0 Å². The van der Waals surface area contributed by atoms with Gasteiger partial charge in [-0.15, -0.1) is 0 Å². The van der Waals surface area contributed by atoms with Crippen LogP contribution in [0, 0.1) is 12.7 Å². The van der Waals surface area contributed by atoms with Crippen molar-refractivity contribution >= 4 is 28.9 Å². The van der Waals surface area contributed by atoms with Gasteiger partial charge >= 0.3 is 0 Å². The van der Waals surface area contributed by atoms with E-state index < -0.39 is 0 Å². The van der Waals surface area contributed by atoms with Crippen LogP contribution < -0.4 is 5.32 Å². The zero-order chi connectivity index (χ0) is 14.7. The van der Waals surface area contributed by atoms with Gasteiger partial charge in [0.05, 0.1) is 16.1 Å². The summed E-state index contributed by atoms with van der Waals surface area (Å²) in [5.41, 5.74) is 2.44. The Morgan fingerprint density at radius 1 is 1.15 bits per heavy atom. The Morgan fingerprint density at radius 3 is 2.55 bits per heavy atom. The first-order chi connectivity index (χ1) is 9.52. The monoisotopic (exact) mass is 311 g/mol. The van der Waals surface area contributed by atoms with E-state index in [4.69, 9.17) is 23.2 Å². The third-order valence-electron chi connectivity index (χ3n) is 3.35. The van der Waals surface area contributed by atoms with E-state index in [1.54, 1.807) is 19.1 Å². The quantitative estimate of drug-likeness (QED) is 0.729. The summed E-state index contributed by atoms with van der Waals surface area (Å²) in [6.45, 7) is 3.83. The number of rotatable bonds is 4. The standard InChI is InChI=1S/C16H16Cl2FN/c1-3-15(11-7-8-12(17)13(18)9-11)20-16-6-4-5-14(19)10(16)2/h4-9,15,20H,3H2,1-2H3. The van der Waals surface area contributed by atoms with Crippen molar-refractivity contribution in [2.45, 2.75) is 26.3 Å². The molecule has 1 unspecified atom stereocenters. The molecule has 0 aromatic heterocycles. The summed E-state index contributed by atoms with van der Waals surface area (Å²) in [7, 11) is 0. The highest BCUT2D eigenvalue weighted by molar-refractivity contribution is 6.42. The van der Waals surface area contributed by atoms with Gasteiger partial charge in [-0.25, -0.2) is 4.39 Å². The Kier molecular flexibility index (Phi) is 4.90. The van der Waals surface area contributed by atoms with Crippen molar-refractivity contribution in [3.63, 3.8) is 0 Å². The van der Waals surface area contributed by atoms with Gasteiger partial charge < -0.3 is 5.32 Å². The molecular weight excluding hydrogens is 296 g/mol. The van der Waals surface area contributed by atoms with Crippen LogP contribution in [0.1, 0.15) is 30.5 Å². The Balaban J connectivity index is 2.28. The van der Waals surface area contributed by atoms with Gasteiger partial charge in [-0.1, -0.05) is 42.3 Å². The molecular formula is C16H16Cl2FN. The van der Waals surface area contributed by atoms with Gasteiger partial charge in [-0.05, 0) is 43.2 Å². The van der Waals surface area contributed by atoms with E-state index in [0.717, 1.165) is 17.7 Å². The Bertz CT molecular complexity index is 613. The number of benzene rings is 2. The lowest BCUT2D eigenvalue weighted by Crippen LogP contribution is -2.11. The molecule has 0 saturated carbocycles. The molecule has 1 N–H and O–H groups in total. The van der Waals surface area contributed by atoms with Crippen molar-refractivity contribution in [2.75, 3.05) is 5.32 Å². The molecule has 1 atom stereocenters. The second-order valence-corrected chi connectivity index (χ2v) is 5.51. The van der Waals surface area contributed by atoms with Crippen LogP contribution in [0.3, 0.4) is 0 Å². The molecule has 106 valence electrons. The Hall–Kier alpha value is -1.25. The van der Waals surface area contributed by atoms with Crippen molar-refractivity contribution in [3.05, 3.63) is 63.4 Å². The number of hydrogen-bond acceptors (Lipinski definition) is 1. The summed E-state index contributed by atoms with van der Waals surface area (Å²) in [5.74, 6) is -0.209. The van der Waals surface area contributed by atoms with Gasteiger partial charge in [0.15, 0.2) is 0 Å². The van der Waals surface area contributed by atoms with Crippen LogP contribution in [0.4, 0.5) is 10.1 Å². The minimum atomic E-state index is -0.209. The summed E-state index contributed by atoms with van der Waals surface area (Å²) >= 11 is 12.0. The first kappa shape index (κ1) is 15.1. The molecule has 1 nitrogen and oxygen atoms in total. The second-order valence-electron chi connectivity index (χ2n) is 4.69. The number of hydrogen-bond donors (Lipinski definition) is 1. The number of nitrogens with one attached hydrogen (secondary N) is 1. The van der Waals surface area contributed by atoms with Gasteiger partial charge in [-0.2, -0.15) is 0 Å². The fourth-order valence-corrected chi connectivity index (χ4v) is 2.41. The highest BCUT2D eigenvalue weighted by Crippen LogP contribution is 2.30. The van der Waals surface area contributed by atoms with Crippen LogP contribution >= 0.6 is 23.2 Å². The maximum atomic E-state index is 13.6. The molecule has 2 aromatic rings. The van der Waals surface area contributed by atoms with Gasteiger partial charge in [0.25, 0.3) is 0 Å². The molecule has 0 heterocycles. The van der Waals surface area contributed by atoms with Crippen LogP contribution in [-0.4, -0.2) is 0 Å². The van der Waals surface area contributed by atoms with E-state index in [0.29, 0.717) is 15.6 Å². The molecule has 0 spiro atoms. The largest absolute Gasteiger partial charge is 0.378 e. The van der Waals surface area contributed by atoms with E-state index in [2.05, 4.69) is 12.2 Å². The summed E-state index contributed by atoms with van der Waals surface area (Å²) in [5, 5.41) is 4.42. The minimum absolute atomic E-state index is 0.0604. The molecule has 0 amide bonds. The fourth-order valence-electron chi connectivity index (χ4n) is 2.10. The van der Waals surface area contributed by atoms with Crippen molar-refractivity contribution < 1.29 is 4.39 Å². The van der Waals surface area contributed by atoms with Gasteiger partial charge in [0.2, 0.25) is 0 Å². The number of anilines is 1. The summed E-state index contributed by atoms with van der Waals surface area (Å²) in [6.07, 6.45) is 0.855. The minimum Gasteiger partial charge on any atom is -0.378 e. The van der Waals surface area contributed by atoms with Crippen molar-refractivity contribution in [2.24, 2.45) is 0 Å². The lowest BCUT2D eigenvalue weighted by Gasteiger charge is -2.21. The molecule has 0 aliphatic heterocycles. The van der Waals surface area contributed by atoms with Crippen molar-refractivity contribution in [1.82, 2.24) is 0 Å². The summed E-state index contributed by atoms with van der Waals surface area (Å²) in [6, 6.07) is 10.7. The molecule has 0 radical (unpaired) electrons. The summed E-state index contributed by atoms with van der Waals surface area (Å²) < 4.78 is 13.6. The molecule has 2 rings (SSSR count). The number of halogens is 3. The van der Waals surface area contributed by atoms with Crippen LogP contribution in [0.2, 0.25) is 10.0 Å². The first-order valence-corrected chi connectivity index (χ1v) is 7.25. The van der Waals surface area contributed by atoms with E-state index in [1.807, 2.05) is 18.2 Å². The molecule has 2 aromatic carbocycles. The zero-order valence-corrected chi connectivity index (χ0v) is 12.9. The SMILES string of the molecule is CCC(Nc1cccc(F)c1C)c1ccc(Cl)c(Cl)c1. The molecule has 0 fully saturated rings. The maximum absolute atomic E-state index is 13.6. The first-order valence-electron chi connectivity index (χ1n) is 6.49. The van der Waals surface area contributed by atoms with Crippen molar-refractivity contribution in [1.29, 1.82) is 0 Å². The van der Waals surface area contributed by atoms with Crippen LogP contribution in [0.15, 0.2) is 36.4 Å². The van der Waals surface area contributed by atoms with Gasteiger partial charge in [0, 0.05) is 11.3 Å². The van der Waals surface area contributed by atoms with Crippen LogP contribution in [-0.2, 0) is 0 Å². The highest BCUT2D eigenvalue weighted by atomic mass is 35.5. The van der Waals surface area contributed by atoms with Crippen molar-refractivity contribution in [3.8, 4) is 0 Å². The summed E-state index contributed by atoms with van der Waals surface area (Å²) in [4.78, 5) is 0. The van der Waals surface area contributed by atoms with Crippen LogP contribution in [0.25, 0.3) is 0 Å². The maximum Gasteiger partial charge on any atom is 0.128 e. The smallest absolute Gasteiger partial charge is 0.128 e. The van der Waals surface area contributed by atoms with Gasteiger partial charge in [0.1, 0.15) is 5.82 Å². The van der Waals surface area contributed by atoms with Crippen LogP contribution in [0.5, 0.6) is 0 Å². The Labute approximate surface area is 128 Å². The molecule has 20 heavy (non-hydrogen) atoms. The molecule has 0 bridgehead atoms. The topological polar surface area (TPSA) is 12.0 Å². The third-order valence-corrected chi connectivity index (χ3v) is 4.09. The molecule has 4 heteroatoms. The lowest BCUT2D eigenvalue weighted by atomic mass is 10.0.